The lowest BCUT2D eigenvalue weighted by Crippen LogP contribution is -2.34. The Morgan fingerprint density at radius 2 is 1.87 bits per heavy atom. The van der Waals surface area contributed by atoms with Crippen molar-refractivity contribution in [3.8, 4) is 11.1 Å². The van der Waals surface area contributed by atoms with Crippen LogP contribution in [0.5, 0.6) is 0 Å². The molecule has 1 heterocycles. The molecule has 0 aliphatic carbocycles. The molecule has 0 fully saturated rings. The molecule has 0 spiro atoms. The average Bonchev–Trinajstić information content (AvgIpc) is 3.28. The minimum atomic E-state index is -0.471. The van der Waals surface area contributed by atoms with E-state index in [1.165, 1.54) is 0 Å². The summed E-state index contributed by atoms with van der Waals surface area (Å²) >= 11 is 1.61. The van der Waals surface area contributed by atoms with E-state index in [2.05, 4.69) is 10.6 Å². The summed E-state index contributed by atoms with van der Waals surface area (Å²) in [7, 11) is 5.40. The molecule has 4 N–H and O–H groups in total. The van der Waals surface area contributed by atoms with Gasteiger partial charge in [0.25, 0.3) is 5.91 Å². The van der Waals surface area contributed by atoms with Crippen molar-refractivity contribution in [2.75, 3.05) is 38.7 Å². The highest BCUT2D eigenvalue weighted by molar-refractivity contribution is 7.08. The van der Waals surface area contributed by atoms with Crippen LogP contribution < -0.4 is 16.4 Å². The second-order valence-electron chi connectivity index (χ2n) is 7.28. The molecule has 0 saturated carbocycles. The van der Waals surface area contributed by atoms with Crippen LogP contribution in [0.25, 0.3) is 11.1 Å². The summed E-state index contributed by atoms with van der Waals surface area (Å²) in [5, 5.41) is 9.68. The lowest BCUT2D eigenvalue weighted by molar-refractivity contribution is -0.122. The minimum Gasteiger partial charge on any atom is -0.397 e. The number of nitrogen functional groups attached to an aromatic ring is 1. The van der Waals surface area contributed by atoms with Gasteiger partial charge in [-0.1, -0.05) is 24.3 Å². The van der Waals surface area contributed by atoms with Crippen LogP contribution in [-0.2, 0) is 4.79 Å². The number of nitrogens with zero attached hydrogens (tertiary/aromatic N) is 1. The number of carbonyl (C=O) groups is 2. The van der Waals surface area contributed by atoms with E-state index in [4.69, 9.17) is 5.73 Å². The number of amides is 2. The molecule has 2 aromatic carbocycles. The standard InChI is InChI=1S/C23H26N4O2S/c1-25-22(28)19(13-27(2)3)17-6-4-5-7-18(17)23(29)26-21-12-15(8-9-20(21)24)16-10-11-30-14-16/h4-12,14,19H,13,24H2,1-3H3,(H,25,28)(H,26,29). The lowest BCUT2D eigenvalue weighted by atomic mass is 9.92. The number of likely N-dealkylation sites (N-methyl/N-ethyl adjacent to an activating group) is 2. The van der Waals surface area contributed by atoms with Crippen molar-refractivity contribution in [1.29, 1.82) is 0 Å². The zero-order valence-electron chi connectivity index (χ0n) is 17.3. The molecule has 30 heavy (non-hydrogen) atoms. The van der Waals surface area contributed by atoms with Gasteiger partial charge >= 0.3 is 0 Å². The van der Waals surface area contributed by atoms with E-state index in [0.29, 0.717) is 29.0 Å². The van der Waals surface area contributed by atoms with E-state index < -0.39 is 5.92 Å². The molecular weight excluding hydrogens is 396 g/mol. The van der Waals surface area contributed by atoms with Crippen LogP contribution in [0.3, 0.4) is 0 Å². The van der Waals surface area contributed by atoms with E-state index in [-0.39, 0.29) is 11.8 Å². The fourth-order valence-electron chi connectivity index (χ4n) is 3.33. The van der Waals surface area contributed by atoms with Crippen LogP contribution in [0.1, 0.15) is 21.8 Å². The van der Waals surface area contributed by atoms with E-state index in [0.717, 1.165) is 11.1 Å². The summed E-state index contributed by atoms with van der Waals surface area (Å²) in [6.07, 6.45) is 0. The number of nitrogens with two attached hydrogens (primary N) is 1. The number of benzene rings is 2. The predicted molar refractivity (Wildman–Crippen MR) is 124 cm³/mol. The number of thiophene rings is 1. The lowest BCUT2D eigenvalue weighted by Gasteiger charge is -2.22. The van der Waals surface area contributed by atoms with Crippen molar-refractivity contribution in [3.63, 3.8) is 0 Å². The van der Waals surface area contributed by atoms with Gasteiger partial charge in [-0.15, -0.1) is 0 Å². The van der Waals surface area contributed by atoms with Gasteiger partial charge < -0.3 is 21.3 Å². The molecule has 1 aromatic heterocycles. The highest BCUT2D eigenvalue weighted by atomic mass is 32.1. The monoisotopic (exact) mass is 422 g/mol. The number of hydrogen-bond acceptors (Lipinski definition) is 5. The third kappa shape index (κ3) is 4.87. The Labute approximate surface area is 180 Å². The van der Waals surface area contributed by atoms with Gasteiger partial charge in [-0.05, 0) is 65.8 Å². The first-order valence-electron chi connectivity index (χ1n) is 9.59. The Morgan fingerprint density at radius 1 is 1.10 bits per heavy atom. The first kappa shape index (κ1) is 21.5. The number of hydrogen-bond donors (Lipinski definition) is 3. The van der Waals surface area contributed by atoms with E-state index in [1.54, 1.807) is 36.6 Å². The molecule has 2 amide bonds. The molecule has 0 aliphatic rings. The molecule has 3 aromatic rings. The number of nitrogens with one attached hydrogen (secondary N) is 2. The third-order valence-electron chi connectivity index (χ3n) is 4.85. The summed E-state index contributed by atoms with van der Waals surface area (Å²) in [4.78, 5) is 27.6. The van der Waals surface area contributed by atoms with Gasteiger partial charge in [0.15, 0.2) is 0 Å². The van der Waals surface area contributed by atoms with Crippen molar-refractivity contribution < 1.29 is 9.59 Å². The smallest absolute Gasteiger partial charge is 0.256 e. The maximum atomic E-state index is 13.2. The van der Waals surface area contributed by atoms with Gasteiger partial charge in [0.1, 0.15) is 0 Å². The Bertz CT molecular complexity index is 1030. The van der Waals surface area contributed by atoms with Crippen molar-refractivity contribution in [2.45, 2.75) is 5.92 Å². The quantitative estimate of drug-likeness (QED) is 0.507. The van der Waals surface area contributed by atoms with Crippen LogP contribution in [0.2, 0.25) is 0 Å². The van der Waals surface area contributed by atoms with Gasteiger partial charge in [0.05, 0.1) is 17.3 Å². The minimum absolute atomic E-state index is 0.136. The summed E-state index contributed by atoms with van der Waals surface area (Å²) < 4.78 is 0. The average molecular weight is 423 g/mol. The van der Waals surface area contributed by atoms with Crippen molar-refractivity contribution in [3.05, 3.63) is 70.4 Å². The molecular formula is C23H26N4O2S. The largest absolute Gasteiger partial charge is 0.397 e. The van der Waals surface area contributed by atoms with E-state index >= 15 is 0 Å². The molecule has 7 heteroatoms. The van der Waals surface area contributed by atoms with Crippen LogP contribution >= 0.6 is 11.3 Å². The Kier molecular flexibility index (Phi) is 6.87. The molecule has 0 bridgehead atoms. The molecule has 156 valence electrons. The normalized spacial score (nSPS) is 11.9. The first-order valence-corrected chi connectivity index (χ1v) is 10.5. The topological polar surface area (TPSA) is 87.5 Å². The summed E-state index contributed by atoms with van der Waals surface area (Å²) in [5.41, 5.74) is 10.3. The Hall–Kier alpha value is -3.16. The van der Waals surface area contributed by atoms with Crippen molar-refractivity contribution in [1.82, 2.24) is 10.2 Å². The Morgan fingerprint density at radius 3 is 2.53 bits per heavy atom. The molecule has 0 aliphatic heterocycles. The maximum Gasteiger partial charge on any atom is 0.256 e. The molecule has 1 unspecified atom stereocenters. The molecule has 0 saturated heterocycles. The fourth-order valence-corrected chi connectivity index (χ4v) is 4.00. The molecule has 1 atom stereocenters. The highest BCUT2D eigenvalue weighted by Gasteiger charge is 2.25. The van der Waals surface area contributed by atoms with Gasteiger partial charge in [0, 0.05) is 19.2 Å². The number of rotatable bonds is 7. The van der Waals surface area contributed by atoms with E-state index in [9.17, 15) is 9.59 Å². The van der Waals surface area contributed by atoms with Crippen LogP contribution in [0.15, 0.2) is 59.3 Å². The van der Waals surface area contributed by atoms with Crippen molar-refractivity contribution in [2.24, 2.45) is 0 Å². The van der Waals surface area contributed by atoms with Gasteiger partial charge in [-0.2, -0.15) is 11.3 Å². The number of carbonyl (C=O) groups excluding carboxylic acids is 2. The Balaban J connectivity index is 1.93. The summed E-state index contributed by atoms with van der Waals surface area (Å²) in [6, 6.07) is 14.8. The maximum absolute atomic E-state index is 13.2. The van der Waals surface area contributed by atoms with Gasteiger partial charge in [-0.25, -0.2) is 0 Å². The highest BCUT2D eigenvalue weighted by Crippen LogP contribution is 2.30. The third-order valence-corrected chi connectivity index (χ3v) is 5.53. The summed E-state index contributed by atoms with van der Waals surface area (Å²) in [5.74, 6) is -0.906. The molecule has 0 radical (unpaired) electrons. The van der Waals surface area contributed by atoms with Crippen LogP contribution in [-0.4, -0.2) is 44.4 Å². The second kappa shape index (κ2) is 9.56. The van der Waals surface area contributed by atoms with Crippen molar-refractivity contribution >= 4 is 34.5 Å². The van der Waals surface area contributed by atoms with Crippen LogP contribution in [0.4, 0.5) is 11.4 Å². The predicted octanol–water partition coefficient (Wildman–Crippen LogP) is 3.64. The fraction of sp³-hybridized carbons (Fsp3) is 0.217. The summed E-state index contributed by atoms with van der Waals surface area (Å²) in [6.45, 7) is 0.486. The second-order valence-corrected chi connectivity index (χ2v) is 8.06. The zero-order chi connectivity index (χ0) is 21.7. The molecule has 3 rings (SSSR count). The first-order chi connectivity index (χ1) is 14.4. The zero-order valence-corrected chi connectivity index (χ0v) is 18.1. The van der Waals surface area contributed by atoms with Gasteiger partial charge in [0.2, 0.25) is 5.91 Å². The van der Waals surface area contributed by atoms with E-state index in [1.807, 2.05) is 60.1 Å². The van der Waals surface area contributed by atoms with Gasteiger partial charge in [-0.3, -0.25) is 9.59 Å². The SMILES string of the molecule is CNC(=O)C(CN(C)C)c1ccccc1C(=O)Nc1cc(-c2ccsc2)ccc1N. The molecule has 6 nitrogen and oxygen atoms in total. The number of anilines is 2. The van der Waals surface area contributed by atoms with Crippen LogP contribution in [0, 0.1) is 0 Å².